The van der Waals surface area contributed by atoms with Crippen molar-refractivity contribution in [3.05, 3.63) is 50.4 Å². The lowest BCUT2D eigenvalue weighted by Gasteiger charge is -2.19. The van der Waals surface area contributed by atoms with Crippen molar-refractivity contribution >= 4 is 22.9 Å². The van der Waals surface area contributed by atoms with E-state index in [1.807, 2.05) is 30.5 Å². The van der Waals surface area contributed by atoms with Crippen LogP contribution in [0.5, 0.6) is 0 Å². The topological polar surface area (TPSA) is 24.9 Å². The normalized spacial score (nSPS) is 18.3. The Bertz CT molecular complexity index is 562. The van der Waals surface area contributed by atoms with E-state index in [1.165, 1.54) is 40.4 Å². The van der Waals surface area contributed by atoms with Crippen LogP contribution in [0.2, 0.25) is 5.02 Å². The second kappa shape index (κ2) is 5.61. The SMILES string of the molecule is CNC1CCCc2sc(Cc3ccc(Cl)cc3)nc21. The van der Waals surface area contributed by atoms with Gasteiger partial charge in [0.05, 0.1) is 16.7 Å². The molecule has 0 fully saturated rings. The zero-order chi connectivity index (χ0) is 13.2. The Hall–Kier alpha value is -0.900. The number of fused-ring (bicyclic) bond motifs is 1. The van der Waals surface area contributed by atoms with Gasteiger partial charge in [-0.2, -0.15) is 0 Å². The van der Waals surface area contributed by atoms with Crippen LogP contribution in [0.4, 0.5) is 0 Å². The Labute approximate surface area is 122 Å². The van der Waals surface area contributed by atoms with E-state index < -0.39 is 0 Å². The van der Waals surface area contributed by atoms with Crippen LogP contribution in [0, 0.1) is 0 Å². The summed E-state index contributed by atoms with van der Waals surface area (Å²) in [7, 11) is 2.03. The highest BCUT2D eigenvalue weighted by Gasteiger charge is 2.23. The number of halogens is 1. The summed E-state index contributed by atoms with van der Waals surface area (Å²) in [5.41, 5.74) is 2.55. The van der Waals surface area contributed by atoms with E-state index in [9.17, 15) is 0 Å². The van der Waals surface area contributed by atoms with Crippen LogP contribution in [0.25, 0.3) is 0 Å². The van der Waals surface area contributed by atoms with Gasteiger partial charge in [-0.05, 0) is 44.0 Å². The second-order valence-corrected chi connectivity index (χ2v) is 6.56. The van der Waals surface area contributed by atoms with Crippen LogP contribution in [0.15, 0.2) is 24.3 Å². The lowest BCUT2D eigenvalue weighted by Crippen LogP contribution is -2.21. The third-order valence-electron chi connectivity index (χ3n) is 3.62. The summed E-state index contributed by atoms with van der Waals surface area (Å²) in [5.74, 6) is 0. The van der Waals surface area contributed by atoms with E-state index in [0.29, 0.717) is 6.04 Å². The molecule has 0 saturated heterocycles. The van der Waals surface area contributed by atoms with E-state index in [4.69, 9.17) is 16.6 Å². The van der Waals surface area contributed by atoms with Crippen LogP contribution < -0.4 is 5.32 Å². The minimum absolute atomic E-state index is 0.443. The number of nitrogens with zero attached hydrogens (tertiary/aromatic N) is 1. The Kier molecular flexibility index (Phi) is 3.87. The number of benzene rings is 1. The number of thiazole rings is 1. The maximum Gasteiger partial charge on any atom is 0.0975 e. The van der Waals surface area contributed by atoms with Crippen molar-refractivity contribution in [2.24, 2.45) is 0 Å². The Morgan fingerprint density at radius 2 is 2.16 bits per heavy atom. The molecule has 0 radical (unpaired) electrons. The highest BCUT2D eigenvalue weighted by molar-refractivity contribution is 7.11. The van der Waals surface area contributed by atoms with Crippen LogP contribution >= 0.6 is 22.9 Å². The number of aryl methyl sites for hydroxylation is 1. The molecule has 1 heterocycles. The van der Waals surface area contributed by atoms with Gasteiger partial charge in [0.25, 0.3) is 0 Å². The molecule has 0 spiro atoms. The van der Waals surface area contributed by atoms with Crippen LogP contribution in [-0.4, -0.2) is 12.0 Å². The molecule has 1 unspecified atom stereocenters. The molecule has 0 saturated carbocycles. The molecule has 19 heavy (non-hydrogen) atoms. The molecule has 0 amide bonds. The maximum absolute atomic E-state index is 5.91. The molecule has 1 atom stereocenters. The third-order valence-corrected chi connectivity index (χ3v) is 5.00. The molecule has 2 aromatic rings. The van der Waals surface area contributed by atoms with Gasteiger partial charge in [0, 0.05) is 16.3 Å². The van der Waals surface area contributed by atoms with Crippen molar-refractivity contribution in [1.82, 2.24) is 10.3 Å². The Balaban J connectivity index is 1.82. The van der Waals surface area contributed by atoms with Gasteiger partial charge in [0.1, 0.15) is 0 Å². The average molecular weight is 293 g/mol. The third kappa shape index (κ3) is 2.83. The van der Waals surface area contributed by atoms with Crippen LogP contribution in [0.1, 0.15) is 40.0 Å². The summed E-state index contributed by atoms with van der Waals surface area (Å²) in [6, 6.07) is 8.50. The summed E-state index contributed by atoms with van der Waals surface area (Å²) < 4.78 is 0. The number of rotatable bonds is 3. The molecule has 1 aliphatic rings. The van der Waals surface area contributed by atoms with E-state index in [-0.39, 0.29) is 0 Å². The molecule has 100 valence electrons. The quantitative estimate of drug-likeness (QED) is 0.925. The summed E-state index contributed by atoms with van der Waals surface area (Å²) >= 11 is 7.78. The predicted molar refractivity (Wildman–Crippen MR) is 81.1 cm³/mol. The first-order chi connectivity index (χ1) is 9.26. The number of hydrogen-bond donors (Lipinski definition) is 1. The van der Waals surface area contributed by atoms with E-state index in [0.717, 1.165) is 11.4 Å². The van der Waals surface area contributed by atoms with Gasteiger partial charge < -0.3 is 5.32 Å². The van der Waals surface area contributed by atoms with Gasteiger partial charge >= 0.3 is 0 Å². The monoisotopic (exact) mass is 292 g/mol. The van der Waals surface area contributed by atoms with Crippen molar-refractivity contribution in [1.29, 1.82) is 0 Å². The molecule has 0 bridgehead atoms. The lowest BCUT2D eigenvalue weighted by molar-refractivity contribution is 0.489. The lowest BCUT2D eigenvalue weighted by atomic mass is 9.98. The largest absolute Gasteiger partial charge is 0.312 e. The van der Waals surface area contributed by atoms with Crippen molar-refractivity contribution in [3.63, 3.8) is 0 Å². The van der Waals surface area contributed by atoms with Crippen molar-refractivity contribution in [2.75, 3.05) is 7.05 Å². The van der Waals surface area contributed by atoms with E-state index in [1.54, 1.807) is 0 Å². The Morgan fingerprint density at radius 1 is 1.37 bits per heavy atom. The second-order valence-electron chi connectivity index (χ2n) is 4.95. The maximum atomic E-state index is 5.91. The molecule has 1 aromatic carbocycles. The average Bonchev–Trinajstić information content (AvgIpc) is 2.83. The zero-order valence-corrected chi connectivity index (χ0v) is 12.5. The summed E-state index contributed by atoms with van der Waals surface area (Å²) in [4.78, 5) is 6.31. The fraction of sp³-hybridized carbons (Fsp3) is 0.400. The highest BCUT2D eigenvalue weighted by Crippen LogP contribution is 2.33. The molecular weight excluding hydrogens is 276 g/mol. The molecule has 2 nitrogen and oxygen atoms in total. The first-order valence-electron chi connectivity index (χ1n) is 6.66. The Morgan fingerprint density at radius 3 is 2.89 bits per heavy atom. The van der Waals surface area contributed by atoms with E-state index >= 15 is 0 Å². The summed E-state index contributed by atoms with van der Waals surface area (Å²) in [6.45, 7) is 0. The van der Waals surface area contributed by atoms with Gasteiger partial charge in [-0.15, -0.1) is 11.3 Å². The molecular formula is C15H17ClN2S. The molecule has 1 N–H and O–H groups in total. The van der Waals surface area contributed by atoms with Crippen LogP contribution in [0.3, 0.4) is 0 Å². The van der Waals surface area contributed by atoms with Gasteiger partial charge in [-0.3, -0.25) is 0 Å². The standard InChI is InChI=1S/C15H17ClN2S/c1-17-12-3-2-4-13-15(12)18-14(19-13)9-10-5-7-11(16)8-6-10/h5-8,12,17H,2-4,9H2,1H3. The molecule has 1 aliphatic carbocycles. The van der Waals surface area contributed by atoms with Crippen molar-refractivity contribution < 1.29 is 0 Å². The first-order valence-corrected chi connectivity index (χ1v) is 7.86. The van der Waals surface area contributed by atoms with Gasteiger partial charge in [-0.25, -0.2) is 4.98 Å². The fourth-order valence-electron chi connectivity index (χ4n) is 2.60. The van der Waals surface area contributed by atoms with Gasteiger partial charge in [0.15, 0.2) is 0 Å². The first kappa shape index (κ1) is 13.1. The summed E-state index contributed by atoms with van der Waals surface area (Å²) in [5, 5.41) is 5.38. The van der Waals surface area contributed by atoms with Crippen molar-refractivity contribution in [3.8, 4) is 0 Å². The number of hydrogen-bond acceptors (Lipinski definition) is 3. The van der Waals surface area contributed by atoms with Gasteiger partial charge in [0.2, 0.25) is 0 Å². The zero-order valence-electron chi connectivity index (χ0n) is 10.9. The minimum Gasteiger partial charge on any atom is -0.312 e. The number of nitrogens with one attached hydrogen (secondary N) is 1. The van der Waals surface area contributed by atoms with E-state index in [2.05, 4.69) is 17.4 Å². The summed E-state index contributed by atoms with van der Waals surface area (Å²) in [6.07, 6.45) is 4.56. The van der Waals surface area contributed by atoms with Gasteiger partial charge in [-0.1, -0.05) is 23.7 Å². The molecule has 0 aliphatic heterocycles. The smallest absolute Gasteiger partial charge is 0.0975 e. The van der Waals surface area contributed by atoms with Crippen LogP contribution in [-0.2, 0) is 12.8 Å². The predicted octanol–water partition coefficient (Wildman–Crippen LogP) is 3.98. The van der Waals surface area contributed by atoms with Crippen molar-refractivity contribution in [2.45, 2.75) is 31.7 Å². The molecule has 1 aromatic heterocycles. The molecule has 4 heteroatoms. The number of aromatic nitrogens is 1. The minimum atomic E-state index is 0.443. The fourth-order valence-corrected chi connectivity index (χ4v) is 3.93. The molecule has 3 rings (SSSR count). The highest BCUT2D eigenvalue weighted by atomic mass is 35.5.